The molecule has 1 amide bonds. The summed E-state index contributed by atoms with van der Waals surface area (Å²) < 4.78 is 9.13. The molecule has 5 rings (SSSR count). The number of aromatic nitrogens is 3. The molecule has 0 atom stereocenters. The van der Waals surface area contributed by atoms with Crippen LogP contribution in [0.4, 0.5) is 17.2 Å². The first-order valence-corrected chi connectivity index (χ1v) is 14.4. The van der Waals surface area contributed by atoms with Crippen LogP contribution >= 0.6 is 22.6 Å². The Kier molecular flexibility index (Phi) is 7.98. The third-order valence-electron chi connectivity index (χ3n) is 7.56. The van der Waals surface area contributed by atoms with Gasteiger partial charge in [-0.25, -0.2) is 4.98 Å². The Hall–Kier alpha value is -3.33. The number of pyridine rings is 1. The van der Waals surface area contributed by atoms with E-state index in [4.69, 9.17) is 9.72 Å². The number of hydrogen-bond acceptors (Lipinski definition) is 6. The summed E-state index contributed by atoms with van der Waals surface area (Å²) in [4.78, 5) is 33.7. The van der Waals surface area contributed by atoms with Crippen LogP contribution in [0.15, 0.2) is 24.3 Å². The van der Waals surface area contributed by atoms with Gasteiger partial charge < -0.3 is 14.7 Å². The minimum atomic E-state index is -0.748. The fourth-order valence-electron chi connectivity index (χ4n) is 5.43. The number of halogens is 1. The molecule has 1 saturated heterocycles. The van der Waals surface area contributed by atoms with Gasteiger partial charge >= 0.3 is 11.9 Å². The maximum atomic E-state index is 13.5. The standard InChI is InChI=1S/C29H32IN5O4/c1-4-7-26(36)35(24-16-18(2)21(30)17-23(24)34-14-5-6-15-34)25-13-12-22-27(31-25)28(32-33(22)3)39-20-10-8-19(9-11-20)29(37)38/h12-13,16-17,19-20H,5-6,8-11,14-15H2,1-3H3,(H,37,38)/t19-,20-. The van der Waals surface area contributed by atoms with Gasteiger partial charge in [-0.3, -0.25) is 19.2 Å². The van der Waals surface area contributed by atoms with Gasteiger partial charge in [-0.1, -0.05) is 5.92 Å². The van der Waals surface area contributed by atoms with Crippen molar-refractivity contribution in [3.63, 3.8) is 0 Å². The minimum Gasteiger partial charge on any atom is -0.481 e. The lowest BCUT2D eigenvalue weighted by atomic mass is 9.87. The SMILES string of the molecule is CC#CC(=O)N(c1ccc2c(n1)c(O[C@H]1CC[C@H](C(=O)O)CC1)nn2C)c1cc(C)c(I)cc1N1CCCC1. The molecule has 9 nitrogen and oxygen atoms in total. The summed E-state index contributed by atoms with van der Waals surface area (Å²) >= 11 is 2.34. The molecule has 204 valence electrons. The maximum absolute atomic E-state index is 13.5. The monoisotopic (exact) mass is 641 g/mol. The molecule has 1 aliphatic heterocycles. The van der Waals surface area contributed by atoms with Crippen molar-refractivity contribution in [2.45, 2.75) is 58.5 Å². The van der Waals surface area contributed by atoms with Crippen molar-refractivity contribution in [2.75, 3.05) is 22.9 Å². The van der Waals surface area contributed by atoms with Crippen molar-refractivity contribution >= 4 is 62.7 Å². The van der Waals surface area contributed by atoms with Crippen molar-refractivity contribution in [1.82, 2.24) is 14.8 Å². The Bertz CT molecular complexity index is 1480. The van der Waals surface area contributed by atoms with Crippen molar-refractivity contribution < 1.29 is 19.4 Å². The van der Waals surface area contributed by atoms with E-state index in [0.29, 0.717) is 42.9 Å². The highest BCUT2D eigenvalue weighted by atomic mass is 127. The van der Waals surface area contributed by atoms with Gasteiger partial charge in [-0.05, 0) is 111 Å². The number of nitrogens with zero attached hydrogens (tertiary/aromatic N) is 5. The summed E-state index contributed by atoms with van der Waals surface area (Å²) in [6, 6.07) is 7.90. The van der Waals surface area contributed by atoms with E-state index in [9.17, 15) is 14.7 Å². The number of anilines is 3. The van der Waals surface area contributed by atoms with Crippen LogP contribution in [0.1, 0.15) is 51.0 Å². The summed E-state index contributed by atoms with van der Waals surface area (Å²) in [5.74, 6) is 4.88. The van der Waals surface area contributed by atoms with Gasteiger partial charge in [0.2, 0.25) is 0 Å². The van der Waals surface area contributed by atoms with E-state index in [2.05, 4.69) is 50.5 Å². The molecule has 1 aromatic carbocycles. The fourth-order valence-corrected chi connectivity index (χ4v) is 5.88. The number of amides is 1. The topological polar surface area (TPSA) is 101 Å². The predicted octanol–water partition coefficient (Wildman–Crippen LogP) is 5.19. The highest BCUT2D eigenvalue weighted by molar-refractivity contribution is 14.1. The van der Waals surface area contributed by atoms with E-state index >= 15 is 0 Å². The first kappa shape index (κ1) is 27.2. The van der Waals surface area contributed by atoms with Crippen LogP contribution in [0, 0.1) is 28.3 Å². The quantitative estimate of drug-likeness (QED) is 0.292. The average molecular weight is 642 g/mol. The molecule has 1 aliphatic carbocycles. The number of carboxylic acid groups (broad SMARTS) is 1. The molecule has 3 heterocycles. The second kappa shape index (κ2) is 11.4. The minimum absolute atomic E-state index is 0.131. The lowest BCUT2D eigenvalue weighted by Crippen LogP contribution is -2.29. The Morgan fingerprint density at radius 2 is 1.87 bits per heavy atom. The van der Waals surface area contributed by atoms with Gasteiger partial charge in [0.1, 0.15) is 11.9 Å². The molecule has 1 saturated carbocycles. The van der Waals surface area contributed by atoms with Crippen molar-refractivity contribution in [3.05, 3.63) is 33.4 Å². The van der Waals surface area contributed by atoms with Crippen LogP contribution in [-0.4, -0.2) is 50.9 Å². The van der Waals surface area contributed by atoms with Crippen LogP contribution in [0.3, 0.4) is 0 Å². The molecule has 1 N–H and O–H groups in total. The number of carboxylic acids is 1. The summed E-state index contributed by atoms with van der Waals surface area (Å²) in [6.45, 7) is 5.56. The van der Waals surface area contributed by atoms with Crippen LogP contribution in [0.5, 0.6) is 5.88 Å². The zero-order chi connectivity index (χ0) is 27.7. The fraction of sp³-hybridized carbons (Fsp3) is 0.448. The zero-order valence-electron chi connectivity index (χ0n) is 22.4. The molecule has 2 aromatic heterocycles. The summed E-state index contributed by atoms with van der Waals surface area (Å²) in [5, 5.41) is 13.9. The molecule has 2 aliphatic rings. The molecule has 0 bridgehead atoms. The second-order valence-corrected chi connectivity index (χ2v) is 11.4. The smallest absolute Gasteiger partial charge is 0.308 e. The van der Waals surface area contributed by atoms with E-state index in [1.807, 2.05) is 32.2 Å². The van der Waals surface area contributed by atoms with Gasteiger partial charge in [0, 0.05) is 23.7 Å². The molecule has 10 heteroatoms. The van der Waals surface area contributed by atoms with Crippen molar-refractivity contribution in [3.8, 4) is 17.7 Å². The zero-order valence-corrected chi connectivity index (χ0v) is 24.6. The highest BCUT2D eigenvalue weighted by Crippen LogP contribution is 2.39. The van der Waals surface area contributed by atoms with Gasteiger partial charge in [-0.15, -0.1) is 5.10 Å². The normalized spacial score (nSPS) is 19.0. The second-order valence-electron chi connectivity index (χ2n) is 10.2. The summed E-state index contributed by atoms with van der Waals surface area (Å²) in [6.07, 6.45) is 4.54. The molecule has 0 spiro atoms. The summed E-state index contributed by atoms with van der Waals surface area (Å²) in [5.41, 5.74) is 4.16. The van der Waals surface area contributed by atoms with E-state index < -0.39 is 5.97 Å². The highest BCUT2D eigenvalue weighted by Gasteiger charge is 2.30. The number of ether oxygens (including phenoxy) is 1. The van der Waals surface area contributed by atoms with Gasteiger partial charge in [0.05, 0.1) is 22.8 Å². The number of hydrogen-bond donors (Lipinski definition) is 1. The number of aryl methyl sites for hydroxylation is 2. The van der Waals surface area contributed by atoms with Crippen LogP contribution < -0.4 is 14.5 Å². The molecule has 0 unspecified atom stereocenters. The van der Waals surface area contributed by atoms with Crippen LogP contribution in [0.2, 0.25) is 0 Å². The molecule has 3 aromatic rings. The number of carbonyl (C=O) groups is 2. The third kappa shape index (κ3) is 5.55. The third-order valence-corrected chi connectivity index (χ3v) is 8.72. The van der Waals surface area contributed by atoms with Crippen molar-refractivity contribution in [1.29, 1.82) is 0 Å². The van der Waals surface area contributed by atoms with Crippen molar-refractivity contribution in [2.24, 2.45) is 13.0 Å². The molecular weight excluding hydrogens is 609 g/mol. The molecular formula is C29H32IN5O4. The number of fused-ring (bicyclic) bond motifs is 1. The number of benzene rings is 1. The lowest BCUT2D eigenvalue weighted by Gasteiger charge is -2.28. The van der Waals surface area contributed by atoms with Gasteiger partial charge in [0.15, 0.2) is 5.52 Å². The first-order valence-electron chi connectivity index (χ1n) is 13.3. The maximum Gasteiger partial charge on any atom is 0.308 e. The van der Waals surface area contributed by atoms with Crippen LogP contribution in [-0.2, 0) is 16.6 Å². The predicted molar refractivity (Wildman–Crippen MR) is 158 cm³/mol. The van der Waals surface area contributed by atoms with Gasteiger partial charge in [-0.2, -0.15) is 0 Å². The Labute approximate surface area is 241 Å². The molecule has 2 fully saturated rings. The Morgan fingerprint density at radius 1 is 1.15 bits per heavy atom. The average Bonchev–Trinajstić information content (AvgIpc) is 3.55. The number of aliphatic carboxylic acids is 1. The molecule has 39 heavy (non-hydrogen) atoms. The van der Waals surface area contributed by atoms with Crippen LogP contribution in [0.25, 0.3) is 11.0 Å². The largest absolute Gasteiger partial charge is 0.481 e. The van der Waals surface area contributed by atoms with E-state index in [0.717, 1.165) is 52.0 Å². The summed E-state index contributed by atoms with van der Waals surface area (Å²) in [7, 11) is 1.83. The lowest BCUT2D eigenvalue weighted by molar-refractivity contribution is -0.143. The number of rotatable bonds is 6. The first-order chi connectivity index (χ1) is 18.8. The Balaban J connectivity index is 1.56. The van der Waals surface area contributed by atoms with E-state index in [1.54, 1.807) is 16.5 Å². The number of carbonyl (C=O) groups excluding carboxylic acids is 1. The molecule has 0 radical (unpaired) electrons. The van der Waals surface area contributed by atoms with E-state index in [1.165, 1.54) is 0 Å². The van der Waals surface area contributed by atoms with Gasteiger partial charge in [0.25, 0.3) is 5.88 Å². The Morgan fingerprint density at radius 3 is 2.54 bits per heavy atom. The van der Waals surface area contributed by atoms with E-state index in [-0.39, 0.29) is 17.9 Å².